The Balaban J connectivity index is 1.68. The van der Waals surface area contributed by atoms with Gasteiger partial charge in [-0.3, -0.25) is 9.59 Å². The van der Waals surface area contributed by atoms with E-state index in [0.717, 1.165) is 16.8 Å². The first-order chi connectivity index (χ1) is 12.8. The van der Waals surface area contributed by atoms with Crippen LogP contribution in [0.15, 0.2) is 52.1 Å². The summed E-state index contributed by atoms with van der Waals surface area (Å²) in [6.45, 7) is 7.97. The lowest BCUT2D eigenvalue weighted by Gasteiger charge is -2.16. The van der Waals surface area contributed by atoms with Crippen molar-refractivity contribution in [3.8, 4) is 0 Å². The summed E-state index contributed by atoms with van der Waals surface area (Å²) in [7, 11) is 0. The lowest BCUT2D eigenvalue weighted by molar-refractivity contribution is -0.119. The Morgan fingerprint density at radius 2 is 2.15 bits per heavy atom. The van der Waals surface area contributed by atoms with Crippen molar-refractivity contribution in [1.82, 2.24) is 4.57 Å². The number of allylic oxidation sites excluding steroid dienone is 1. The quantitative estimate of drug-likeness (QED) is 0.594. The number of carbonyl (C=O) groups excluding carboxylic acids is 2. The highest BCUT2D eigenvalue weighted by Crippen LogP contribution is 2.38. The molecule has 1 aromatic carbocycles. The van der Waals surface area contributed by atoms with Crippen LogP contribution in [0.3, 0.4) is 0 Å². The van der Waals surface area contributed by atoms with Crippen molar-refractivity contribution < 1.29 is 14.0 Å². The van der Waals surface area contributed by atoms with Crippen molar-refractivity contribution in [1.29, 1.82) is 0 Å². The second kappa shape index (κ2) is 6.13. The van der Waals surface area contributed by atoms with Gasteiger partial charge in [-0.1, -0.05) is 6.08 Å². The average Bonchev–Trinajstić information content (AvgIpc) is 3.20. The molecule has 1 aliphatic rings. The molecule has 0 unspecified atom stereocenters. The molecule has 1 aliphatic heterocycles. The number of anilines is 2. The van der Waals surface area contributed by atoms with E-state index in [1.165, 1.54) is 0 Å². The molecule has 0 spiro atoms. The van der Waals surface area contributed by atoms with Crippen LogP contribution in [-0.2, 0) is 16.8 Å². The number of benzene rings is 1. The summed E-state index contributed by atoms with van der Waals surface area (Å²) in [6, 6.07) is 8.96. The van der Waals surface area contributed by atoms with Gasteiger partial charge in [-0.15, -0.1) is 6.58 Å². The van der Waals surface area contributed by atoms with Gasteiger partial charge in [0, 0.05) is 30.1 Å². The summed E-state index contributed by atoms with van der Waals surface area (Å²) in [6.07, 6.45) is 1.73. The number of rotatable bonds is 4. The molecule has 0 aliphatic carbocycles. The Kier molecular flexibility index (Phi) is 3.99. The van der Waals surface area contributed by atoms with Crippen LogP contribution in [0.5, 0.6) is 0 Å². The van der Waals surface area contributed by atoms with Gasteiger partial charge >= 0.3 is 0 Å². The Bertz CT molecular complexity index is 1110. The molecule has 4 rings (SSSR count). The van der Waals surface area contributed by atoms with Gasteiger partial charge < -0.3 is 19.6 Å². The average molecular weight is 428 g/mol. The van der Waals surface area contributed by atoms with E-state index in [2.05, 4.69) is 33.1 Å². The first-order valence-electron chi connectivity index (χ1n) is 8.48. The Labute approximate surface area is 164 Å². The van der Waals surface area contributed by atoms with E-state index < -0.39 is 5.41 Å². The van der Waals surface area contributed by atoms with Crippen molar-refractivity contribution in [3.63, 3.8) is 0 Å². The number of amides is 2. The highest BCUT2D eigenvalue weighted by Gasteiger charge is 2.38. The minimum Gasteiger partial charge on any atom is -0.448 e. The predicted molar refractivity (Wildman–Crippen MR) is 108 cm³/mol. The van der Waals surface area contributed by atoms with Gasteiger partial charge in [0.1, 0.15) is 5.69 Å². The molecule has 0 atom stereocenters. The third-order valence-electron chi connectivity index (χ3n) is 4.87. The zero-order chi connectivity index (χ0) is 19.3. The van der Waals surface area contributed by atoms with Crippen molar-refractivity contribution in [2.75, 3.05) is 10.6 Å². The van der Waals surface area contributed by atoms with Gasteiger partial charge in [0.05, 0.1) is 10.9 Å². The Morgan fingerprint density at radius 1 is 1.37 bits per heavy atom. The van der Waals surface area contributed by atoms with Crippen LogP contribution in [0.25, 0.3) is 11.1 Å². The Morgan fingerprint density at radius 3 is 2.89 bits per heavy atom. The molecule has 2 amide bonds. The number of furan rings is 1. The highest BCUT2D eigenvalue weighted by molar-refractivity contribution is 9.10. The van der Waals surface area contributed by atoms with E-state index in [9.17, 15) is 9.59 Å². The molecule has 138 valence electrons. The topological polar surface area (TPSA) is 76.3 Å². The SMILES string of the molecule is C=CCn1c(C(=O)Nc2ccc3c(c2)C(C)(C)C(=O)N3)cc2oc(Br)cc21. The second-order valence-corrected chi connectivity index (χ2v) is 7.80. The van der Waals surface area contributed by atoms with Crippen molar-refractivity contribution in [2.45, 2.75) is 25.8 Å². The molecule has 27 heavy (non-hydrogen) atoms. The molecule has 3 heterocycles. The molecule has 2 aromatic heterocycles. The van der Waals surface area contributed by atoms with E-state index >= 15 is 0 Å². The molecule has 0 radical (unpaired) electrons. The summed E-state index contributed by atoms with van der Waals surface area (Å²) in [4.78, 5) is 25.0. The van der Waals surface area contributed by atoms with Crippen LogP contribution in [0.4, 0.5) is 11.4 Å². The van der Waals surface area contributed by atoms with Crippen LogP contribution < -0.4 is 10.6 Å². The maximum atomic E-state index is 12.9. The van der Waals surface area contributed by atoms with Crippen LogP contribution in [0.2, 0.25) is 0 Å². The molecular formula is C20H18BrN3O3. The van der Waals surface area contributed by atoms with Crippen LogP contribution >= 0.6 is 15.9 Å². The van der Waals surface area contributed by atoms with Crippen LogP contribution in [0, 0.1) is 0 Å². The van der Waals surface area contributed by atoms with E-state index in [1.807, 2.05) is 36.6 Å². The fourth-order valence-corrected chi connectivity index (χ4v) is 3.76. The molecule has 6 nitrogen and oxygen atoms in total. The van der Waals surface area contributed by atoms with Gasteiger partial charge in [0.25, 0.3) is 5.91 Å². The molecule has 0 saturated heterocycles. The number of carbonyl (C=O) groups is 2. The van der Waals surface area contributed by atoms with Gasteiger partial charge in [0.15, 0.2) is 10.3 Å². The standard InChI is InChI=1S/C20H18BrN3O3/c1-4-7-24-14-10-17(21)27-16(14)9-15(24)18(25)22-11-5-6-13-12(8-11)20(2,3)19(26)23-13/h4-6,8-10H,1,7H2,2-3H3,(H,22,25)(H,23,26). The third-order valence-corrected chi connectivity index (χ3v) is 5.26. The molecule has 0 bridgehead atoms. The van der Waals surface area contributed by atoms with Gasteiger partial charge in [0.2, 0.25) is 5.91 Å². The van der Waals surface area contributed by atoms with E-state index in [-0.39, 0.29) is 11.8 Å². The van der Waals surface area contributed by atoms with Crippen LogP contribution in [0.1, 0.15) is 29.9 Å². The second-order valence-electron chi connectivity index (χ2n) is 7.02. The van der Waals surface area contributed by atoms with Gasteiger partial charge in [-0.05, 0) is 53.5 Å². The van der Waals surface area contributed by atoms with Crippen molar-refractivity contribution >= 4 is 50.2 Å². The number of hydrogen-bond acceptors (Lipinski definition) is 3. The summed E-state index contributed by atoms with van der Waals surface area (Å²) < 4.78 is 8.02. The van der Waals surface area contributed by atoms with E-state index in [1.54, 1.807) is 18.2 Å². The maximum Gasteiger partial charge on any atom is 0.272 e. The zero-order valence-electron chi connectivity index (χ0n) is 14.9. The van der Waals surface area contributed by atoms with Crippen molar-refractivity contribution in [2.24, 2.45) is 0 Å². The molecule has 0 fully saturated rings. The lowest BCUT2D eigenvalue weighted by atomic mass is 9.86. The number of fused-ring (bicyclic) bond motifs is 2. The molecule has 0 saturated carbocycles. The van der Waals surface area contributed by atoms with Crippen LogP contribution in [-0.4, -0.2) is 16.4 Å². The lowest BCUT2D eigenvalue weighted by Crippen LogP contribution is -2.27. The fourth-order valence-electron chi connectivity index (χ4n) is 3.37. The highest BCUT2D eigenvalue weighted by atomic mass is 79.9. The number of hydrogen-bond donors (Lipinski definition) is 2. The number of nitrogens with zero attached hydrogens (tertiary/aromatic N) is 1. The monoisotopic (exact) mass is 427 g/mol. The zero-order valence-corrected chi connectivity index (χ0v) is 16.5. The van der Waals surface area contributed by atoms with Crippen molar-refractivity contribution in [3.05, 3.63) is 58.9 Å². The largest absolute Gasteiger partial charge is 0.448 e. The summed E-state index contributed by atoms with van der Waals surface area (Å²) in [5.41, 5.74) is 3.56. The third kappa shape index (κ3) is 2.78. The minimum atomic E-state index is -0.634. The summed E-state index contributed by atoms with van der Waals surface area (Å²) >= 11 is 3.31. The number of halogens is 1. The normalized spacial score (nSPS) is 14.9. The Hall–Kier alpha value is -2.80. The minimum absolute atomic E-state index is 0.0493. The number of aromatic nitrogens is 1. The van der Waals surface area contributed by atoms with E-state index in [0.29, 0.717) is 28.2 Å². The summed E-state index contributed by atoms with van der Waals surface area (Å²) in [5.74, 6) is -0.304. The molecular weight excluding hydrogens is 410 g/mol. The predicted octanol–water partition coefficient (Wildman–Crippen LogP) is 4.66. The maximum absolute atomic E-state index is 12.9. The molecule has 7 heteroatoms. The van der Waals surface area contributed by atoms with Gasteiger partial charge in [-0.25, -0.2) is 0 Å². The first kappa shape index (κ1) is 17.6. The summed E-state index contributed by atoms with van der Waals surface area (Å²) in [5, 5.41) is 5.78. The number of nitrogens with one attached hydrogen (secondary N) is 2. The first-order valence-corrected chi connectivity index (χ1v) is 9.27. The molecule has 3 aromatic rings. The smallest absolute Gasteiger partial charge is 0.272 e. The fraction of sp³-hybridized carbons (Fsp3) is 0.200. The molecule has 2 N–H and O–H groups in total. The van der Waals surface area contributed by atoms with Gasteiger partial charge in [-0.2, -0.15) is 0 Å². The van der Waals surface area contributed by atoms with E-state index in [4.69, 9.17) is 4.42 Å².